The summed E-state index contributed by atoms with van der Waals surface area (Å²) in [6.45, 7) is -2.92. The molecule has 2 atom stereocenters. The molecule has 158 valence electrons. The van der Waals surface area contributed by atoms with Crippen molar-refractivity contribution < 1.29 is 23.1 Å². The van der Waals surface area contributed by atoms with Crippen LogP contribution in [0.5, 0.6) is 5.75 Å². The zero-order valence-corrected chi connectivity index (χ0v) is 16.7. The number of anilines is 1. The molecule has 0 aromatic heterocycles. The second-order valence-corrected chi connectivity index (χ2v) is 8.25. The van der Waals surface area contributed by atoms with Crippen molar-refractivity contribution in [1.29, 1.82) is 0 Å². The van der Waals surface area contributed by atoms with Crippen LogP contribution in [0.4, 0.5) is 14.5 Å². The van der Waals surface area contributed by atoms with Gasteiger partial charge in [0.15, 0.2) is 0 Å². The van der Waals surface area contributed by atoms with Gasteiger partial charge in [-0.2, -0.15) is 8.78 Å². The predicted octanol–water partition coefficient (Wildman–Crippen LogP) is 5.21. The highest BCUT2D eigenvalue weighted by molar-refractivity contribution is 5.95. The van der Waals surface area contributed by atoms with Gasteiger partial charge in [-0.3, -0.25) is 9.59 Å². The average molecular weight is 413 g/mol. The summed E-state index contributed by atoms with van der Waals surface area (Å²) in [7, 11) is 0. The maximum atomic E-state index is 12.9. The van der Waals surface area contributed by atoms with Gasteiger partial charge in [-0.1, -0.05) is 36.8 Å². The van der Waals surface area contributed by atoms with E-state index >= 15 is 0 Å². The highest BCUT2D eigenvalue weighted by atomic mass is 19.3. The summed E-state index contributed by atoms with van der Waals surface area (Å²) in [6, 6.07) is 14.2. The molecule has 4 rings (SSSR count). The number of rotatable bonds is 6. The van der Waals surface area contributed by atoms with Gasteiger partial charge in [-0.25, -0.2) is 0 Å². The maximum Gasteiger partial charge on any atom is 0.387 e. The molecule has 4 nitrogen and oxygen atoms in total. The molecule has 6 heteroatoms. The molecule has 2 bridgehead atoms. The van der Waals surface area contributed by atoms with Crippen LogP contribution in [-0.4, -0.2) is 18.3 Å². The van der Waals surface area contributed by atoms with Crippen LogP contribution in [0.15, 0.2) is 48.5 Å². The number of hydrogen-bond acceptors (Lipinski definition) is 3. The van der Waals surface area contributed by atoms with E-state index in [0.717, 1.165) is 24.8 Å². The van der Waals surface area contributed by atoms with Crippen LogP contribution in [0.25, 0.3) is 0 Å². The molecule has 0 heterocycles. The van der Waals surface area contributed by atoms with E-state index in [-0.39, 0.29) is 29.4 Å². The standard InChI is InChI=1S/C24H25F2NO3/c25-24(26)30-21-10-9-20(14-18(21)11-15-5-2-1-3-6-15)27-23(29)19-12-16-7-4-8-17(13-19)22(16)28/h1-3,5-6,9-10,14,16-17,19,24H,4,7-8,11-13H2,(H,27,29). The highest BCUT2D eigenvalue weighted by Crippen LogP contribution is 2.40. The second-order valence-electron chi connectivity index (χ2n) is 8.25. The molecule has 0 spiro atoms. The van der Waals surface area contributed by atoms with Gasteiger partial charge < -0.3 is 10.1 Å². The summed E-state index contributed by atoms with van der Waals surface area (Å²) in [6.07, 6.45) is 4.42. The van der Waals surface area contributed by atoms with E-state index in [2.05, 4.69) is 10.1 Å². The number of amides is 1. The molecular weight excluding hydrogens is 388 g/mol. The molecule has 1 amide bonds. The van der Waals surface area contributed by atoms with Crippen LogP contribution in [0.3, 0.4) is 0 Å². The molecule has 0 aliphatic heterocycles. The van der Waals surface area contributed by atoms with E-state index in [4.69, 9.17) is 0 Å². The zero-order valence-electron chi connectivity index (χ0n) is 16.7. The lowest BCUT2D eigenvalue weighted by molar-refractivity contribution is -0.136. The minimum absolute atomic E-state index is 0.00343. The van der Waals surface area contributed by atoms with Crippen molar-refractivity contribution in [2.24, 2.45) is 17.8 Å². The van der Waals surface area contributed by atoms with E-state index in [9.17, 15) is 18.4 Å². The fourth-order valence-corrected chi connectivity index (χ4v) is 4.76. The number of ketones is 1. The van der Waals surface area contributed by atoms with E-state index < -0.39 is 6.61 Å². The monoisotopic (exact) mass is 413 g/mol. The van der Waals surface area contributed by atoms with Crippen molar-refractivity contribution in [2.45, 2.75) is 45.1 Å². The van der Waals surface area contributed by atoms with Crippen molar-refractivity contribution in [3.63, 3.8) is 0 Å². The topological polar surface area (TPSA) is 55.4 Å². The first-order valence-corrected chi connectivity index (χ1v) is 10.5. The van der Waals surface area contributed by atoms with Crippen LogP contribution in [0.2, 0.25) is 0 Å². The van der Waals surface area contributed by atoms with Gasteiger partial charge >= 0.3 is 6.61 Å². The van der Waals surface area contributed by atoms with Crippen molar-refractivity contribution >= 4 is 17.4 Å². The number of ether oxygens (including phenoxy) is 1. The van der Waals surface area contributed by atoms with Crippen LogP contribution in [0, 0.1) is 17.8 Å². The SMILES string of the molecule is O=C(Nc1ccc(OC(F)F)c(Cc2ccccc2)c1)C1CC2CCCC(C1)C2=O. The Labute approximate surface area is 174 Å². The molecule has 2 aromatic rings. The molecule has 0 saturated heterocycles. The Hall–Kier alpha value is -2.76. The third kappa shape index (κ3) is 4.69. The first kappa shape index (κ1) is 20.5. The number of alkyl halides is 2. The number of nitrogens with one attached hydrogen (secondary N) is 1. The third-order valence-electron chi connectivity index (χ3n) is 6.20. The second kappa shape index (κ2) is 8.94. The molecule has 1 N–H and O–H groups in total. The van der Waals surface area contributed by atoms with Crippen molar-refractivity contribution in [3.8, 4) is 5.75 Å². The van der Waals surface area contributed by atoms with E-state index in [1.165, 1.54) is 6.07 Å². The number of fused-ring (bicyclic) bond motifs is 2. The predicted molar refractivity (Wildman–Crippen MR) is 110 cm³/mol. The van der Waals surface area contributed by atoms with Crippen LogP contribution < -0.4 is 10.1 Å². The molecule has 2 aromatic carbocycles. The summed E-state index contributed by atoms with van der Waals surface area (Å²) < 4.78 is 30.3. The summed E-state index contributed by atoms with van der Waals surface area (Å²) in [5, 5.41) is 2.93. The number of carbonyl (C=O) groups excluding carboxylic acids is 2. The van der Waals surface area contributed by atoms with Crippen LogP contribution >= 0.6 is 0 Å². The molecule has 0 radical (unpaired) electrons. The highest BCUT2D eigenvalue weighted by Gasteiger charge is 2.41. The molecule has 2 saturated carbocycles. The Balaban J connectivity index is 1.50. The number of Topliss-reactive ketones (excluding diaryl/α,β-unsaturated/α-hetero) is 1. The van der Waals surface area contributed by atoms with Crippen molar-refractivity contribution in [2.75, 3.05) is 5.32 Å². The first-order valence-electron chi connectivity index (χ1n) is 10.5. The van der Waals surface area contributed by atoms with Gasteiger partial charge in [0.2, 0.25) is 5.91 Å². The minimum Gasteiger partial charge on any atom is -0.435 e. The molecular formula is C24H25F2NO3. The lowest BCUT2D eigenvalue weighted by Crippen LogP contribution is -2.40. The fourth-order valence-electron chi connectivity index (χ4n) is 4.76. The van der Waals surface area contributed by atoms with E-state index in [1.807, 2.05) is 30.3 Å². The summed E-state index contributed by atoms with van der Waals surface area (Å²) in [5.41, 5.74) is 2.09. The van der Waals surface area contributed by atoms with Crippen LogP contribution in [0.1, 0.15) is 43.2 Å². The Kier molecular flexibility index (Phi) is 6.11. The molecule has 2 fully saturated rings. The number of benzene rings is 2. The zero-order chi connectivity index (χ0) is 21.1. The van der Waals surface area contributed by atoms with Gasteiger partial charge in [0, 0.05) is 35.4 Å². The lowest BCUT2D eigenvalue weighted by atomic mass is 9.67. The Morgan fingerprint density at radius 1 is 1.07 bits per heavy atom. The molecule has 2 aliphatic carbocycles. The fraction of sp³-hybridized carbons (Fsp3) is 0.417. The van der Waals surface area contributed by atoms with Gasteiger partial charge in [0.05, 0.1) is 0 Å². The van der Waals surface area contributed by atoms with Gasteiger partial charge in [0.25, 0.3) is 0 Å². The first-order chi connectivity index (χ1) is 14.5. The van der Waals surface area contributed by atoms with E-state index in [1.54, 1.807) is 12.1 Å². The Morgan fingerprint density at radius 2 is 1.77 bits per heavy atom. The quantitative estimate of drug-likeness (QED) is 0.707. The average Bonchev–Trinajstić information content (AvgIpc) is 2.70. The molecule has 2 aliphatic rings. The lowest BCUT2D eigenvalue weighted by Gasteiger charge is -2.36. The summed E-state index contributed by atoms with van der Waals surface area (Å²) in [4.78, 5) is 25.1. The van der Waals surface area contributed by atoms with Gasteiger partial charge in [-0.15, -0.1) is 0 Å². The van der Waals surface area contributed by atoms with Crippen LogP contribution in [-0.2, 0) is 16.0 Å². The largest absolute Gasteiger partial charge is 0.435 e. The smallest absolute Gasteiger partial charge is 0.387 e. The van der Waals surface area contributed by atoms with Crippen molar-refractivity contribution in [1.82, 2.24) is 0 Å². The Bertz CT molecular complexity index is 900. The van der Waals surface area contributed by atoms with Gasteiger partial charge in [-0.05, 0) is 49.4 Å². The number of hydrogen-bond donors (Lipinski definition) is 1. The number of halogens is 2. The van der Waals surface area contributed by atoms with Gasteiger partial charge in [0.1, 0.15) is 11.5 Å². The summed E-state index contributed by atoms with van der Waals surface area (Å²) >= 11 is 0. The summed E-state index contributed by atoms with van der Waals surface area (Å²) in [5.74, 6) is 0.140. The normalized spacial score (nSPS) is 23.3. The Morgan fingerprint density at radius 3 is 2.43 bits per heavy atom. The van der Waals surface area contributed by atoms with Crippen molar-refractivity contribution in [3.05, 3.63) is 59.7 Å². The molecule has 30 heavy (non-hydrogen) atoms. The molecule has 2 unspecified atom stereocenters. The number of carbonyl (C=O) groups is 2. The maximum absolute atomic E-state index is 12.9. The minimum atomic E-state index is -2.92. The third-order valence-corrected chi connectivity index (χ3v) is 6.20. The van der Waals surface area contributed by atoms with E-state index in [0.29, 0.717) is 36.3 Å².